The van der Waals surface area contributed by atoms with Crippen LogP contribution in [0.25, 0.3) is 0 Å². The van der Waals surface area contributed by atoms with Crippen LogP contribution < -0.4 is 5.32 Å². The van der Waals surface area contributed by atoms with Crippen molar-refractivity contribution in [2.45, 2.75) is 25.8 Å². The van der Waals surface area contributed by atoms with Gasteiger partial charge in [-0.1, -0.05) is 12.1 Å². The molecule has 1 aliphatic rings. The molecule has 1 unspecified atom stereocenters. The molecule has 2 aromatic carbocycles. The second-order valence-electron chi connectivity index (χ2n) is 6.13. The molecule has 0 saturated heterocycles. The molecule has 0 aliphatic carbocycles. The highest BCUT2D eigenvalue weighted by molar-refractivity contribution is 5.97. The van der Waals surface area contributed by atoms with Crippen LogP contribution in [0.2, 0.25) is 0 Å². The smallest absolute Gasteiger partial charge is 0.254 e. The van der Waals surface area contributed by atoms with Crippen molar-refractivity contribution >= 4 is 24.0 Å². The van der Waals surface area contributed by atoms with Crippen molar-refractivity contribution in [2.75, 3.05) is 18.9 Å². The van der Waals surface area contributed by atoms with E-state index in [1.165, 1.54) is 6.07 Å². The van der Waals surface area contributed by atoms with Crippen LogP contribution in [-0.4, -0.2) is 24.4 Å². The van der Waals surface area contributed by atoms with Crippen LogP contribution in [0.5, 0.6) is 0 Å². The molecule has 134 valence electrons. The minimum Gasteiger partial charge on any atom is -0.385 e. The number of carbonyl (C=O) groups is 1. The van der Waals surface area contributed by atoms with Crippen molar-refractivity contribution in [3.8, 4) is 0 Å². The Morgan fingerprint density at radius 1 is 1.20 bits per heavy atom. The topological polar surface area (TPSA) is 32.3 Å². The first kappa shape index (κ1) is 19.2. The van der Waals surface area contributed by atoms with E-state index in [1.54, 1.807) is 18.9 Å². The third kappa shape index (κ3) is 3.76. The lowest BCUT2D eigenvalue weighted by Crippen LogP contribution is -2.31. The van der Waals surface area contributed by atoms with Gasteiger partial charge >= 0.3 is 0 Å². The molecule has 6 heteroatoms. The summed E-state index contributed by atoms with van der Waals surface area (Å²) in [6.07, 6.45) is 1.84. The Hall–Kier alpha value is -2.14. The Kier molecular flexibility index (Phi) is 6.01. The van der Waals surface area contributed by atoms with E-state index in [4.69, 9.17) is 0 Å². The van der Waals surface area contributed by atoms with Gasteiger partial charge in [-0.25, -0.2) is 8.78 Å². The van der Waals surface area contributed by atoms with Crippen LogP contribution in [0.1, 0.15) is 40.9 Å². The number of anilines is 1. The molecule has 3 rings (SSSR count). The van der Waals surface area contributed by atoms with Crippen molar-refractivity contribution in [2.24, 2.45) is 0 Å². The fourth-order valence-electron chi connectivity index (χ4n) is 3.07. The van der Waals surface area contributed by atoms with Crippen LogP contribution in [0.4, 0.5) is 14.5 Å². The summed E-state index contributed by atoms with van der Waals surface area (Å²) in [5.74, 6) is -1.91. The van der Waals surface area contributed by atoms with E-state index in [0.29, 0.717) is 11.1 Å². The van der Waals surface area contributed by atoms with Gasteiger partial charge in [0.15, 0.2) is 11.6 Å². The fourth-order valence-corrected chi connectivity index (χ4v) is 3.07. The maximum absolute atomic E-state index is 13.5. The molecular formula is C19H21ClF2N2O. The highest BCUT2D eigenvalue weighted by Crippen LogP contribution is 2.28. The first-order chi connectivity index (χ1) is 11.5. The minimum atomic E-state index is -0.901. The molecule has 1 aliphatic heterocycles. The Labute approximate surface area is 152 Å². The van der Waals surface area contributed by atoms with Gasteiger partial charge in [0.25, 0.3) is 5.91 Å². The Morgan fingerprint density at radius 3 is 2.68 bits per heavy atom. The lowest BCUT2D eigenvalue weighted by molar-refractivity contribution is 0.0741. The van der Waals surface area contributed by atoms with Crippen molar-refractivity contribution in [1.29, 1.82) is 0 Å². The second-order valence-corrected chi connectivity index (χ2v) is 6.13. The van der Waals surface area contributed by atoms with Gasteiger partial charge in [-0.3, -0.25) is 4.79 Å². The summed E-state index contributed by atoms with van der Waals surface area (Å²) in [5, 5.41) is 3.31. The Balaban J connectivity index is 0.00000225. The molecule has 0 fully saturated rings. The van der Waals surface area contributed by atoms with Crippen molar-refractivity contribution in [1.82, 2.24) is 4.90 Å². The number of halogens is 3. The molecule has 3 nitrogen and oxygen atoms in total. The zero-order valence-electron chi connectivity index (χ0n) is 14.2. The van der Waals surface area contributed by atoms with Gasteiger partial charge in [-0.05, 0) is 55.2 Å². The summed E-state index contributed by atoms with van der Waals surface area (Å²) >= 11 is 0. The van der Waals surface area contributed by atoms with Gasteiger partial charge in [-0.2, -0.15) is 0 Å². The average Bonchev–Trinajstić information content (AvgIpc) is 2.61. The third-order valence-electron chi connectivity index (χ3n) is 4.65. The minimum absolute atomic E-state index is 0. The molecule has 0 bridgehead atoms. The number of carbonyl (C=O) groups excluding carboxylic acids is 1. The molecule has 1 N–H and O–H groups in total. The number of nitrogens with zero attached hydrogens (tertiary/aromatic N) is 1. The van der Waals surface area contributed by atoms with Crippen molar-refractivity contribution in [3.05, 3.63) is 64.7 Å². The van der Waals surface area contributed by atoms with E-state index in [2.05, 4.69) is 5.32 Å². The van der Waals surface area contributed by atoms with E-state index in [1.807, 2.05) is 18.2 Å². The van der Waals surface area contributed by atoms with E-state index in [0.717, 1.165) is 42.8 Å². The molecule has 1 atom stereocenters. The lowest BCUT2D eigenvalue weighted by Gasteiger charge is -2.28. The zero-order valence-corrected chi connectivity index (χ0v) is 15.0. The van der Waals surface area contributed by atoms with Gasteiger partial charge in [0, 0.05) is 24.8 Å². The Morgan fingerprint density at radius 2 is 1.96 bits per heavy atom. The van der Waals surface area contributed by atoms with Crippen LogP contribution in [-0.2, 0) is 6.42 Å². The molecule has 1 heterocycles. The lowest BCUT2D eigenvalue weighted by atomic mass is 9.96. The number of hydrogen-bond donors (Lipinski definition) is 1. The SMILES string of the molecule is CC(c1ccc(F)c(F)c1)N(C)C(=O)c1cccc2c1CCCN2.Cl. The summed E-state index contributed by atoms with van der Waals surface area (Å²) in [6.45, 7) is 2.71. The number of nitrogens with one attached hydrogen (secondary N) is 1. The number of benzene rings is 2. The molecule has 2 aromatic rings. The molecule has 25 heavy (non-hydrogen) atoms. The van der Waals surface area contributed by atoms with E-state index < -0.39 is 11.6 Å². The number of rotatable bonds is 3. The largest absolute Gasteiger partial charge is 0.385 e. The quantitative estimate of drug-likeness (QED) is 0.862. The van der Waals surface area contributed by atoms with Crippen LogP contribution in [0.15, 0.2) is 36.4 Å². The molecular weight excluding hydrogens is 346 g/mol. The van der Waals surface area contributed by atoms with Crippen LogP contribution in [0, 0.1) is 11.6 Å². The number of amides is 1. The maximum atomic E-state index is 13.5. The predicted octanol–water partition coefficient (Wildman–Crippen LogP) is 4.58. The van der Waals surface area contributed by atoms with Gasteiger partial charge < -0.3 is 10.2 Å². The summed E-state index contributed by atoms with van der Waals surface area (Å²) in [6, 6.07) is 9.04. The van der Waals surface area contributed by atoms with E-state index >= 15 is 0 Å². The predicted molar refractivity (Wildman–Crippen MR) is 97.4 cm³/mol. The van der Waals surface area contributed by atoms with Gasteiger partial charge in [0.05, 0.1) is 6.04 Å². The first-order valence-electron chi connectivity index (χ1n) is 8.07. The third-order valence-corrected chi connectivity index (χ3v) is 4.65. The summed E-state index contributed by atoms with van der Waals surface area (Å²) in [4.78, 5) is 14.5. The summed E-state index contributed by atoms with van der Waals surface area (Å²) in [5.41, 5.74) is 3.25. The zero-order chi connectivity index (χ0) is 17.3. The monoisotopic (exact) mass is 366 g/mol. The average molecular weight is 367 g/mol. The standard InChI is InChI=1S/C19H20F2N2O.ClH/c1-12(13-8-9-16(20)17(21)11-13)23(2)19(24)15-5-3-7-18-14(15)6-4-10-22-18;/h3,5,7-9,11-12,22H,4,6,10H2,1-2H3;1H. The van der Waals surface area contributed by atoms with Crippen molar-refractivity contribution in [3.63, 3.8) is 0 Å². The van der Waals surface area contributed by atoms with E-state index in [-0.39, 0.29) is 24.4 Å². The van der Waals surface area contributed by atoms with Crippen molar-refractivity contribution < 1.29 is 13.6 Å². The molecule has 0 spiro atoms. The molecule has 0 saturated carbocycles. The van der Waals surface area contributed by atoms with Gasteiger partial charge in [0.2, 0.25) is 0 Å². The fraction of sp³-hybridized carbons (Fsp3) is 0.316. The summed E-state index contributed by atoms with van der Waals surface area (Å²) in [7, 11) is 1.68. The molecule has 0 radical (unpaired) electrons. The van der Waals surface area contributed by atoms with Crippen LogP contribution >= 0.6 is 12.4 Å². The van der Waals surface area contributed by atoms with Gasteiger partial charge in [0.1, 0.15) is 0 Å². The molecule has 0 aromatic heterocycles. The number of fused-ring (bicyclic) bond motifs is 1. The molecule has 1 amide bonds. The summed E-state index contributed by atoms with van der Waals surface area (Å²) < 4.78 is 26.6. The number of hydrogen-bond acceptors (Lipinski definition) is 2. The van der Waals surface area contributed by atoms with Crippen LogP contribution in [0.3, 0.4) is 0 Å². The Bertz CT molecular complexity index is 782. The second kappa shape index (κ2) is 7.83. The highest BCUT2D eigenvalue weighted by Gasteiger charge is 2.24. The maximum Gasteiger partial charge on any atom is 0.254 e. The normalized spacial score (nSPS) is 13.9. The first-order valence-corrected chi connectivity index (χ1v) is 8.07. The van der Waals surface area contributed by atoms with Gasteiger partial charge in [-0.15, -0.1) is 12.4 Å². The van der Waals surface area contributed by atoms with E-state index in [9.17, 15) is 13.6 Å². The highest BCUT2D eigenvalue weighted by atomic mass is 35.5.